The molecule has 0 spiro atoms. The monoisotopic (exact) mass is 436 g/mol. The molecule has 0 bridgehead atoms. The Morgan fingerprint density at radius 2 is 1.30 bits per heavy atom. The predicted molar refractivity (Wildman–Crippen MR) is 107 cm³/mol. The molecule has 0 aromatic carbocycles. The molecule has 0 amide bonds. The zero-order valence-corrected chi connectivity index (χ0v) is 19.8. The Morgan fingerprint density at radius 1 is 0.870 bits per heavy atom. The zero-order valence-electron chi connectivity index (χ0n) is 17.0. The number of hydrogen-bond acceptors (Lipinski definition) is 2. The maximum absolute atomic E-state index is 5.31. The molecule has 4 radical (unpaired) electrons. The van der Waals surface area contributed by atoms with Gasteiger partial charge in [0.25, 0.3) is 0 Å². The van der Waals surface area contributed by atoms with Gasteiger partial charge < -0.3 is 9.47 Å². The van der Waals surface area contributed by atoms with Crippen LogP contribution in [0, 0.1) is 0 Å². The summed E-state index contributed by atoms with van der Waals surface area (Å²) < 4.78 is 10.6. The number of ether oxygens (including phenoxy) is 2. The van der Waals surface area contributed by atoms with Gasteiger partial charge in [0.15, 0.2) is 6.29 Å². The fourth-order valence-electron chi connectivity index (χ4n) is 1.02. The molecule has 1 rings (SSSR count). The number of rotatable bonds is 6. The Kier molecular flexibility index (Phi) is 46.1. The molecule has 1 aliphatic rings. The molecule has 1 heterocycles. The average molecular weight is 435 g/mol. The van der Waals surface area contributed by atoms with Crippen molar-refractivity contribution in [1.82, 2.24) is 0 Å². The van der Waals surface area contributed by atoms with E-state index in [1.807, 2.05) is 0 Å². The SMILES string of the molecule is C=CCOC1CCCCO1.CCCC.CCCC.CCCC.[Sn]. The summed E-state index contributed by atoms with van der Waals surface area (Å²) in [5, 5.41) is 0. The molecule has 1 saturated heterocycles. The van der Waals surface area contributed by atoms with Gasteiger partial charge in [0.1, 0.15) is 0 Å². The van der Waals surface area contributed by atoms with Crippen LogP contribution in [0.25, 0.3) is 0 Å². The van der Waals surface area contributed by atoms with Crippen LogP contribution in [0.2, 0.25) is 0 Å². The summed E-state index contributed by atoms with van der Waals surface area (Å²) in [6, 6.07) is 0. The van der Waals surface area contributed by atoms with Crippen molar-refractivity contribution in [3.8, 4) is 0 Å². The summed E-state index contributed by atoms with van der Waals surface area (Å²) in [4.78, 5) is 0. The molecule has 1 fully saturated rings. The van der Waals surface area contributed by atoms with E-state index in [-0.39, 0.29) is 30.2 Å². The van der Waals surface area contributed by atoms with Crippen molar-refractivity contribution < 1.29 is 9.47 Å². The number of unbranched alkanes of at least 4 members (excludes halogenated alkanes) is 3. The third-order valence-electron chi connectivity index (χ3n) is 3.04. The normalized spacial score (nSPS) is 15.3. The van der Waals surface area contributed by atoms with Crippen molar-refractivity contribution in [1.29, 1.82) is 0 Å². The van der Waals surface area contributed by atoms with Crippen molar-refractivity contribution in [2.24, 2.45) is 0 Å². The minimum absolute atomic E-state index is 0. The molecule has 0 aliphatic carbocycles. The van der Waals surface area contributed by atoms with Crippen LogP contribution in [0.15, 0.2) is 12.7 Å². The summed E-state index contributed by atoms with van der Waals surface area (Å²) in [5.41, 5.74) is 0. The van der Waals surface area contributed by atoms with Crippen LogP contribution >= 0.6 is 0 Å². The van der Waals surface area contributed by atoms with Gasteiger partial charge in [-0.25, -0.2) is 0 Å². The van der Waals surface area contributed by atoms with E-state index >= 15 is 0 Å². The van der Waals surface area contributed by atoms with Gasteiger partial charge in [-0.2, -0.15) is 0 Å². The fourth-order valence-corrected chi connectivity index (χ4v) is 1.02. The fraction of sp³-hybridized carbons (Fsp3) is 0.900. The Labute approximate surface area is 164 Å². The Balaban J connectivity index is -0.000000118. The molecule has 1 unspecified atom stereocenters. The van der Waals surface area contributed by atoms with Crippen LogP contribution in [0.5, 0.6) is 0 Å². The molecule has 1 atom stereocenters. The van der Waals surface area contributed by atoms with Gasteiger partial charge in [-0.05, 0) is 19.3 Å². The second-order valence-electron chi connectivity index (χ2n) is 5.42. The van der Waals surface area contributed by atoms with E-state index in [0.29, 0.717) is 6.61 Å². The van der Waals surface area contributed by atoms with Gasteiger partial charge in [-0.1, -0.05) is 86.1 Å². The molecule has 1 aliphatic heterocycles. The largest absolute Gasteiger partial charge is 0.353 e. The molecule has 23 heavy (non-hydrogen) atoms. The van der Waals surface area contributed by atoms with Gasteiger partial charge in [-0.3, -0.25) is 0 Å². The molecular weight excluding hydrogens is 391 g/mol. The minimum Gasteiger partial charge on any atom is -0.353 e. The predicted octanol–water partition coefficient (Wildman–Crippen LogP) is 6.75. The van der Waals surface area contributed by atoms with E-state index in [9.17, 15) is 0 Å². The first kappa shape index (κ1) is 31.2. The number of hydrogen-bond donors (Lipinski definition) is 0. The van der Waals surface area contributed by atoms with E-state index in [0.717, 1.165) is 13.0 Å². The Hall–Kier alpha value is 0.459. The van der Waals surface area contributed by atoms with Gasteiger partial charge in [-0.15, -0.1) is 6.58 Å². The van der Waals surface area contributed by atoms with Crippen LogP contribution in [0.3, 0.4) is 0 Å². The third-order valence-corrected chi connectivity index (χ3v) is 3.04. The van der Waals surface area contributed by atoms with Crippen LogP contribution in [-0.2, 0) is 9.47 Å². The topological polar surface area (TPSA) is 18.5 Å². The average Bonchev–Trinajstić information content (AvgIpc) is 2.61. The van der Waals surface area contributed by atoms with Gasteiger partial charge in [0.05, 0.1) is 6.61 Å². The van der Waals surface area contributed by atoms with E-state index in [2.05, 4.69) is 48.1 Å². The summed E-state index contributed by atoms with van der Waals surface area (Å²) in [7, 11) is 0. The van der Waals surface area contributed by atoms with Crippen molar-refractivity contribution >= 4 is 23.9 Å². The maximum Gasteiger partial charge on any atom is 0.157 e. The second kappa shape index (κ2) is 33.9. The molecule has 0 saturated carbocycles. The molecule has 0 aromatic heterocycles. The molecular formula is C20H44O2Sn. The van der Waals surface area contributed by atoms with Gasteiger partial charge in [0.2, 0.25) is 0 Å². The molecule has 3 heteroatoms. The van der Waals surface area contributed by atoms with E-state index < -0.39 is 0 Å². The minimum atomic E-state index is 0. The van der Waals surface area contributed by atoms with E-state index in [1.165, 1.54) is 51.4 Å². The zero-order chi connectivity index (χ0) is 17.5. The molecule has 0 aromatic rings. The summed E-state index contributed by atoms with van der Waals surface area (Å²) in [5.74, 6) is 0. The first-order valence-corrected chi connectivity index (χ1v) is 9.52. The standard InChI is InChI=1S/C8H14O2.3C4H10.Sn/c1-2-6-9-8-5-3-4-7-10-8;3*1-3-4-2;/h2,8H,1,3-7H2;3*3-4H2,1-2H3;. The molecule has 0 N–H and O–H groups in total. The maximum atomic E-state index is 5.31. The Morgan fingerprint density at radius 3 is 1.57 bits per heavy atom. The molecule has 140 valence electrons. The van der Waals surface area contributed by atoms with Crippen LogP contribution in [-0.4, -0.2) is 43.4 Å². The quantitative estimate of drug-likeness (QED) is 0.339. The van der Waals surface area contributed by atoms with E-state index in [1.54, 1.807) is 6.08 Å². The van der Waals surface area contributed by atoms with Crippen LogP contribution in [0.1, 0.15) is 99.3 Å². The summed E-state index contributed by atoms with van der Waals surface area (Å²) in [6.07, 6.45) is 13.1. The van der Waals surface area contributed by atoms with Crippen molar-refractivity contribution in [2.75, 3.05) is 13.2 Å². The Bertz CT molecular complexity index is 154. The van der Waals surface area contributed by atoms with Crippen molar-refractivity contribution in [2.45, 2.75) is 106 Å². The summed E-state index contributed by atoms with van der Waals surface area (Å²) in [6.45, 7) is 18.1. The first-order valence-electron chi connectivity index (χ1n) is 9.52. The van der Waals surface area contributed by atoms with Gasteiger partial charge >= 0.3 is 0 Å². The first-order chi connectivity index (χ1) is 10.7. The third kappa shape index (κ3) is 39.3. The van der Waals surface area contributed by atoms with Gasteiger partial charge in [0, 0.05) is 30.5 Å². The van der Waals surface area contributed by atoms with Crippen LogP contribution < -0.4 is 0 Å². The van der Waals surface area contributed by atoms with E-state index in [4.69, 9.17) is 9.47 Å². The van der Waals surface area contributed by atoms with Crippen molar-refractivity contribution in [3.05, 3.63) is 12.7 Å². The second-order valence-corrected chi connectivity index (χ2v) is 5.42. The summed E-state index contributed by atoms with van der Waals surface area (Å²) >= 11 is 0. The molecule has 2 nitrogen and oxygen atoms in total. The smallest absolute Gasteiger partial charge is 0.157 e. The van der Waals surface area contributed by atoms with Crippen LogP contribution in [0.4, 0.5) is 0 Å². The van der Waals surface area contributed by atoms with Crippen molar-refractivity contribution in [3.63, 3.8) is 0 Å².